The summed E-state index contributed by atoms with van der Waals surface area (Å²) in [6, 6.07) is 13.6. The Labute approximate surface area is 144 Å². The van der Waals surface area contributed by atoms with Crippen molar-refractivity contribution in [1.29, 1.82) is 0 Å². The number of carbonyl (C=O) groups is 1. The minimum atomic E-state index is -0.0970. The van der Waals surface area contributed by atoms with Crippen LogP contribution in [0.5, 0.6) is 0 Å². The van der Waals surface area contributed by atoms with Gasteiger partial charge in [-0.2, -0.15) is 0 Å². The van der Waals surface area contributed by atoms with E-state index < -0.39 is 0 Å². The van der Waals surface area contributed by atoms with Crippen molar-refractivity contribution >= 4 is 38.8 Å². The third kappa shape index (κ3) is 3.11. The fourth-order valence-corrected chi connectivity index (χ4v) is 3.59. The first-order valence-corrected chi connectivity index (χ1v) is 8.88. The molecule has 0 radical (unpaired) electrons. The highest BCUT2D eigenvalue weighted by atomic mass is 32.1. The molecule has 0 spiro atoms. The highest BCUT2D eigenvalue weighted by molar-refractivity contribution is 7.16. The van der Waals surface area contributed by atoms with Crippen molar-refractivity contribution in [3.63, 3.8) is 0 Å². The van der Waals surface area contributed by atoms with Crippen LogP contribution in [0, 0.1) is 0 Å². The average Bonchev–Trinajstić information content (AvgIpc) is 3.11. The summed E-state index contributed by atoms with van der Waals surface area (Å²) in [5.74, 6) is -0.0970. The molecule has 1 aromatic heterocycles. The molecular weight excluding hydrogens is 320 g/mol. The lowest BCUT2D eigenvalue weighted by Gasteiger charge is -2.29. The van der Waals surface area contributed by atoms with Crippen LogP contribution in [0.3, 0.4) is 0 Å². The maximum Gasteiger partial charge on any atom is 0.255 e. The minimum Gasteiger partial charge on any atom is -0.369 e. The average molecular weight is 338 g/mol. The molecule has 3 aromatic rings. The Morgan fingerprint density at radius 3 is 2.71 bits per heavy atom. The number of rotatable bonds is 3. The van der Waals surface area contributed by atoms with Crippen LogP contribution in [0.1, 0.15) is 10.4 Å². The summed E-state index contributed by atoms with van der Waals surface area (Å²) in [6.07, 6.45) is 0. The molecule has 1 amide bonds. The molecule has 0 unspecified atom stereocenters. The first kappa shape index (κ1) is 15.1. The molecule has 2 aromatic carbocycles. The highest BCUT2D eigenvalue weighted by Gasteiger charge is 2.11. The molecule has 4 rings (SSSR count). The molecule has 0 atom stereocenters. The lowest BCUT2D eigenvalue weighted by Crippen LogP contribution is -2.43. The Bertz CT molecular complexity index is 853. The Hall–Kier alpha value is -2.44. The molecule has 1 aliphatic rings. The number of anilines is 2. The van der Waals surface area contributed by atoms with E-state index >= 15 is 0 Å². The van der Waals surface area contributed by atoms with E-state index in [1.54, 1.807) is 16.8 Å². The number of fused-ring (bicyclic) bond motifs is 1. The van der Waals surface area contributed by atoms with Crippen molar-refractivity contribution in [2.75, 3.05) is 36.4 Å². The first-order valence-electron chi connectivity index (χ1n) is 8.00. The summed E-state index contributed by atoms with van der Waals surface area (Å²) >= 11 is 1.54. The normalized spacial score (nSPS) is 14.8. The third-order valence-corrected chi connectivity index (χ3v) is 4.99. The number of piperazine rings is 1. The number of nitrogens with one attached hydrogen (secondary N) is 2. The van der Waals surface area contributed by atoms with Crippen LogP contribution in [-0.4, -0.2) is 37.1 Å². The number of hydrogen-bond acceptors (Lipinski definition) is 5. The molecule has 0 aliphatic carbocycles. The molecular formula is C18H18N4OS. The van der Waals surface area contributed by atoms with E-state index in [2.05, 4.69) is 32.7 Å². The van der Waals surface area contributed by atoms with Gasteiger partial charge in [-0.15, -0.1) is 11.3 Å². The molecule has 0 saturated carbocycles. The number of aromatic nitrogens is 1. The van der Waals surface area contributed by atoms with Gasteiger partial charge in [0.2, 0.25) is 0 Å². The predicted molar refractivity (Wildman–Crippen MR) is 99.1 cm³/mol. The Morgan fingerprint density at radius 1 is 1.12 bits per heavy atom. The maximum atomic E-state index is 12.4. The molecule has 1 fully saturated rings. The summed E-state index contributed by atoms with van der Waals surface area (Å²) in [4.78, 5) is 19.0. The molecule has 6 heteroatoms. The van der Waals surface area contributed by atoms with Gasteiger partial charge in [0.25, 0.3) is 5.91 Å². The number of nitrogens with zero attached hydrogens (tertiary/aromatic N) is 2. The van der Waals surface area contributed by atoms with Crippen molar-refractivity contribution in [1.82, 2.24) is 10.3 Å². The van der Waals surface area contributed by atoms with E-state index in [0.29, 0.717) is 5.56 Å². The fourth-order valence-electron chi connectivity index (χ4n) is 2.88. The maximum absolute atomic E-state index is 12.4. The number of carbonyl (C=O) groups excluding carboxylic acids is 1. The Morgan fingerprint density at radius 2 is 1.92 bits per heavy atom. The van der Waals surface area contributed by atoms with Gasteiger partial charge in [-0.25, -0.2) is 4.98 Å². The van der Waals surface area contributed by atoms with Gasteiger partial charge in [0.1, 0.15) is 0 Å². The summed E-state index contributed by atoms with van der Waals surface area (Å²) in [5, 5.41) is 6.31. The van der Waals surface area contributed by atoms with Crippen LogP contribution in [-0.2, 0) is 0 Å². The summed E-state index contributed by atoms with van der Waals surface area (Å²) in [5.41, 5.74) is 5.37. The van der Waals surface area contributed by atoms with Crippen molar-refractivity contribution in [2.24, 2.45) is 0 Å². The predicted octanol–water partition coefficient (Wildman–Crippen LogP) is 2.96. The van der Waals surface area contributed by atoms with Crippen molar-refractivity contribution in [3.05, 3.63) is 53.5 Å². The van der Waals surface area contributed by atoms with Gasteiger partial charge < -0.3 is 15.5 Å². The van der Waals surface area contributed by atoms with Crippen LogP contribution in [0.2, 0.25) is 0 Å². The molecule has 2 heterocycles. The van der Waals surface area contributed by atoms with Crippen LogP contribution in [0.4, 0.5) is 11.4 Å². The topological polar surface area (TPSA) is 57.3 Å². The first-order chi connectivity index (χ1) is 11.8. The molecule has 2 N–H and O–H groups in total. The van der Waals surface area contributed by atoms with Gasteiger partial charge >= 0.3 is 0 Å². The molecule has 24 heavy (non-hydrogen) atoms. The minimum absolute atomic E-state index is 0.0970. The molecule has 5 nitrogen and oxygen atoms in total. The lowest BCUT2D eigenvalue weighted by atomic mass is 10.2. The van der Waals surface area contributed by atoms with Crippen LogP contribution in [0.25, 0.3) is 10.2 Å². The number of benzene rings is 2. The zero-order valence-corrected chi connectivity index (χ0v) is 14.0. The van der Waals surface area contributed by atoms with Gasteiger partial charge in [0.15, 0.2) is 0 Å². The van der Waals surface area contributed by atoms with Crippen molar-refractivity contribution < 1.29 is 4.79 Å². The van der Waals surface area contributed by atoms with Gasteiger partial charge in [0, 0.05) is 43.1 Å². The smallest absolute Gasteiger partial charge is 0.255 e. The second kappa shape index (κ2) is 6.59. The van der Waals surface area contributed by atoms with E-state index in [0.717, 1.165) is 42.1 Å². The van der Waals surface area contributed by atoms with Crippen LogP contribution in [0.15, 0.2) is 48.0 Å². The van der Waals surface area contributed by atoms with E-state index in [-0.39, 0.29) is 5.91 Å². The van der Waals surface area contributed by atoms with Crippen molar-refractivity contribution in [3.8, 4) is 0 Å². The SMILES string of the molecule is O=C(Nc1ccc(N2CCNCC2)cc1)c1ccc2ncsc2c1. The van der Waals surface area contributed by atoms with Gasteiger partial charge in [-0.3, -0.25) is 4.79 Å². The van der Waals surface area contributed by atoms with Gasteiger partial charge in [-0.05, 0) is 42.5 Å². The van der Waals surface area contributed by atoms with Crippen molar-refractivity contribution in [2.45, 2.75) is 0 Å². The summed E-state index contributed by atoms with van der Waals surface area (Å²) in [7, 11) is 0. The van der Waals surface area contributed by atoms with E-state index in [9.17, 15) is 4.79 Å². The summed E-state index contributed by atoms with van der Waals surface area (Å²) < 4.78 is 1.02. The summed E-state index contributed by atoms with van der Waals surface area (Å²) in [6.45, 7) is 4.05. The Kier molecular flexibility index (Phi) is 4.15. The molecule has 122 valence electrons. The van der Waals surface area contributed by atoms with Gasteiger partial charge in [0.05, 0.1) is 15.7 Å². The molecule has 0 bridgehead atoms. The Balaban J connectivity index is 1.46. The quantitative estimate of drug-likeness (QED) is 0.771. The number of thiazole rings is 1. The fraction of sp³-hybridized carbons (Fsp3) is 0.222. The zero-order chi connectivity index (χ0) is 16.4. The van der Waals surface area contributed by atoms with Crippen LogP contribution >= 0.6 is 11.3 Å². The van der Waals surface area contributed by atoms with E-state index in [1.165, 1.54) is 5.69 Å². The highest BCUT2D eigenvalue weighted by Crippen LogP contribution is 2.21. The molecule has 1 aliphatic heterocycles. The van der Waals surface area contributed by atoms with E-state index in [1.807, 2.05) is 30.3 Å². The third-order valence-electron chi connectivity index (χ3n) is 4.20. The van der Waals surface area contributed by atoms with Gasteiger partial charge in [-0.1, -0.05) is 0 Å². The second-order valence-corrected chi connectivity index (χ2v) is 6.66. The number of hydrogen-bond donors (Lipinski definition) is 2. The monoisotopic (exact) mass is 338 g/mol. The van der Waals surface area contributed by atoms with E-state index in [4.69, 9.17) is 0 Å². The zero-order valence-electron chi connectivity index (χ0n) is 13.2. The largest absolute Gasteiger partial charge is 0.369 e. The molecule has 1 saturated heterocycles. The lowest BCUT2D eigenvalue weighted by molar-refractivity contribution is 0.102. The second-order valence-electron chi connectivity index (χ2n) is 5.77. The van der Waals surface area contributed by atoms with Crippen LogP contribution < -0.4 is 15.5 Å². The standard InChI is InChI=1S/C18H18N4OS/c23-18(13-1-6-16-17(11-13)24-12-20-16)21-14-2-4-15(5-3-14)22-9-7-19-8-10-22/h1-6,11-12,19H,7-10H2,(H,21,23). The number of amides is 1.